The number of hydrogen-bond acceptors (Lipinski definition) is 2. The Morgan fingerprint density at radius 1 is 1.29 bits per heavy atom. The van der Waals surface area contributed by atoms with Crippen molar-refractivity contribution in [3.05, 3.63) is 29.8 Å². The van der Waals surface area contributed by atoms with Crippen LogP contribution in [-0.4, -0.2) is 14.8 Å². The summed E-state index contributed by atoms with van der Waals surface area (Å²) in [5, 5.41) is 3.54. The highest BCUT2D eigenvalue weighted by atomic mass is 32.2. The smallest absolute Gasteiger partial charge is 0.259 e. The van der Waals surface area contributed by atoms with Crippen LogP contribution in [0.25, 0.3) is 0 Å². The Morgan fingerprint density at radius 3 is 2.71 bits per heavy atom. The second kappa shape index (κ2) is 8.51. The van der Waals surface area contributed by atoms with E-state index in [1.165, 1.54) is 38.5 Å². The molecule has 1 aromatic rings. The van der Waals surface area contributed by atoms with Gasteiger partial charge < -0.3 is 5.32 Å². The van der Waals surface area contributed by atoms with Crippen molar-refractivity contribution in [2.24, 2.45) is 5.92 Å². The molecule has 1 saturated carbocycles. The molecule has 0 amide bonds. The van der Waals surface area contributed by atoms with E-state index in [2.05, 4.69) is 17.0 Å². The Balaban J connectivity index is 1.82. The predicted octanol–water partition coefficient (Wildman–Crippen LogP) is 3.68. The summed E-state index contributed by atoms with van der Waals surface area (Å²) < 4.78 is 22.4. The average molecular weight is 310 g/mol. The number of nitrogens with one attached hydrogen (secondary N) is 2. The summed E-state index contributed by atoms with van der Waals surface area (Å²) in [6.45, 7) is 2.95. The van der Waals surface area contributed by atoms with Gasteiger partial charge in [0.2, 0.25) is 0 Å². The molecule has 1 aliphatic carbocycles. The number of benzene rings is 1. The first-order chi connectivity index (χ1) is 10.1. The number of hydrogen-bond donors (Lipinski definition) is 3. The zero-order valence-corrected chi connectivity index (χ0v) is 13.5. The van der Waals surface area contributed by atoms with Crippen molar-refractivity contribution < 1.29 is 8.76 Å². The van der Waals surface area contributed by atoms with Crippen molar-refractivity contribution in [2.75, 3.05) is 4.72 Å². The molecule has 1 fully saturated rings. The van der Waals surface area contributed by atoms with Crippen LogP contribution in [-0.2, 0) is 17.8 Å². The van der Waals surface area contributed by atoms with Crippen LogP contribution < -0.4 is 10.0 Å². The second-order valence-corrected chi connectivity index (χ2v) is 6.73. The first kappa shape index (κ1) is 16.5. The molecule has 3 N–H and O–H groups in total. The number of rotatable bonds is 7. The van der Waals surface area contributed by atoms with Gasteiger partial charge in [-0.2, -0.15) is 0 Å². The molecule has 118 valence electrons. The fourth-order valence-electron chi connectivity index (χ4n) is 3.16. The minimum atomic E-state index is -2.02. The van der Waals surface area contributed by atoms with Crippen molar-refractivity contribution in [3.63, 3.8) is 0 Å². The largest absolute Gasteiger partial charge is 0.310 e. The fraction of sp³-hybridized carbons (Fsp3) is 0.625. The Bertz CT molecular complexity index is 461. The van der Waals surface area contributed by atoms with Crippen molar-refractivity contribution in [1.82, 2.24) is 5.32 Å². The average Bonchev–Trinajstić information content (AvgIpc) is 2.47. The topological polar surface area (TPSA) is 61.4 Å². The maximum Gasteiger partial charge on any atom is 0.259 e. The van der Waals surface area contributed by atoms with Gasteiger partial charge in [0.15, 0.2) is 0 Å². The molecule has 21 heavy (non-hydrogen) atoms. The molecule has 2 atom stereocenters. The standard InChI is InChI=1S/C16H26N2O2S/c1-13(11-14-7-3-2-4-8-14)17-12-15-9-5-6-10-16(15)18-21(19)20/h5-6,9-10,13-14,17-18H,2-4,7-8,11-12H2,1H3,(H,19,20)/t13-/m0/s1. The Kier molecular flexibility index (Phi) is 6.67. The van der Waals surface area contributed by atoms with E-state index in [-0.39, 0.29) is 0 Å². The van der Waals surface area contributed by atoms with Crippen molar-refractivity contribution in [1.29, 1.82) is 0 Å². The third-order valence-electron chi connectivity index (χ3n) is 4.27. The van der Waals surface area contributed by atoms with E-state index < -0.39 is 11.3 Å². The van der Waals surface area contributed by atoms with Crippen molar-refractivity contribution >= 4 is 17.0 Å². The van der Waals surface area contributed by atoms with Gasteiger partial charge in [-0.3, -0.25) is 9.27 Å². The van der Waals surface area contributed by atoms with Gasteiger partial charge in [0.05, 0.1) is 5.69 Å². The monoisotopic (exact) mass is 310 g/mol. The summed E-state index contributed by atoms with van der Waals surface area (Å²) in [4.78, 5) is 0. The first-order valence-electron chi connectivity index (χ1n) is 7.84. The SMILES string of the molecule is C[C@@H](CC1CCCCC1)NCc1ccccc1NS(=O)O. The van der Waals surface area contributed by atoms with Crippen LogP contribution in [0.5, 0.6) is 0 Å². The minimum absolute atomic E-state index is 0.473. The van der Waals surface area contributed by atoms with Crippen LogP contribution in [0.2, 0.25) is 0 Å². The van der Waals surface area contributed by atoms with Crippen LogP contribution in [0, 0.1) is 5.92 Å². The van der Waals surface area contributed by atoms with E-state index >= 15 is 0 Å². The summed E-state index contributed by atoms with van der Waals surface area (Å²) in [7, 11) is 0. The summed E-state index contributed by atoms with van der Waals surface area (Å²) in [6, 6.07) is 8.10. The molecule has 4 nitrogen and oxygen atoms in total. The van der Waals surface area contributed by atoms with Crippen LogP contribution in [0.1, 0.15) is 51.0 Å². The normalized spacial score (nSPS) is 19.1. The molecule has 0 saturated heterocycles. The van der Waals surface area contributed by atoms with Crippen molar-refractivity contribution in [3.8, 4) is 0 Å². The van der Waals surface area contributed by atoms with Gasteiger partial charge >= 0.3 is 0 Å². The Labute approximate surface area is 130 Å². The molecule has 1 unspecified atom stereocenters. The van der Waals surface area contributed by atoms with Crippen LogP contribution in [0.3, 0.4) is 0 Å². The number of para-hydroxylation sites is 1. The summed E-state index contributed by atoms with van der Waals surface area (Å²) in [5.74, 6) is 0.861. The predicted molar refractivity (Wildman–Crippen MR) is 88.3 cm³/mol. The van der Waals surface area contributed by atoms with Gasteiger partial charge in [0, 0.05) is 12.6 Å². The van der Waals surface area contributed by atoms with Gasteiger partial charge in [-0.25, -0.2) is 4.21 Å². The van der Waals surface area contributed by atoms with E-state index in [4.69, 9.17) is 4.55 Å². The third-order valence-corrected chi connectivity index (χ3v) is 4.66. The molecular formula is C16H26N2O2S. The van der Waals surface area contributed by atoms with E-state index in [9.17, 15) is 4.21 Å². The van der Waals surface area contributed by atoms with Gasteiger partial charge in [-0.1, -0.05) is 50.3 Å². The summed E-state index contributed by atoms with van der Waals surface area (Å²) >= 11 is -2.02. The lowest BCUT2D eigenvalue weighted by molar-refractivity contribution is 0.305. The highest BCUT2D eigenvalue weighted by molar-refractivity contribution is 7.80. The molecule has 5 heteroatoms. The zero-order chi connectivity index (χ0) is 15.1. The van der Waals surface area contributed by atoms with Gasteiger partial charge in [-0.15, -0.1) is 0 Å². The molecule has 0 aliphatic heterocycles. The molecule has 0 radical (unpaired) electrons. The van der Waals surface area contributed by atoms with Gasteiger partial charge in [0.1, 0.15) is 0 Å². The Morgan fingerprint density at radius 2 is 2.00 bits per heavy atom. The van der Waals surface area contributed by atoms with E-state index in [1.807, 2.05) is 24.3 Å². The summed E-state index contributed by atoms with van der Waals surface area (Å²) in [6.07, 6.45) is 8.12. The molecule has 0 spiro atoms. The first-order valence-corrected chi connectivity index (χ1v) is 8.94. The number of anilines is 1. The van der Waals surface area contributed by atoms with Crippen molar-refractivity contribution in [2.45, 2.75) is 58.0 Å². The molecule has 1 aliphatic rings. The molecule has 0 aromatic heterocycles. The molecule has 1 aromatic carbocycles. The zero-order valence-electron chi connectivity index (χ0n) is 12.7. The molecule has 2 rings (SSSR count). The highest BCUT2D eigenvalue weighted by Gasteiger charge is 2.16. The lowest BCUT2D eigenvalue weighted by Gasteiger charge is -2.25. The van der Waals surface area contributed by atoms with Crippen LogP contribution >= 0.6 is 0 Å². The Hall–Kier alpha value is -0.910. The molecule has 0 bridgehead atoms. The van der Waals surface area contributed by atoms with Gasteiger partial charge in [-0.05, 0) is 30.9 Å². The lowest BCUT2D eigenvalue weighted by Crippen LogP contribution is -2.28. The van der Waals surface area contributed by atoms with Crippen LogP contribution in [0.15, 0.2) is 24.3 Å². The highest BCUT2D eigenvalue weighted by Crippen LogP contribution is 2.27. The maximum atomic E-state index is 10.9. The molecular weight excluding hydrogens is 284 g/mol. The minimum Gasteiger partial charge on any atom is -0.310 e. The second-order valence-electron chi connectivity index (χ2n) is 6.03. The quantitative estimate of drug-likeness (QED) is 0.673. The third kappa shape index (κ3) is 5.77. The maximum absolute atomic E-state index is 10.9. The fourth-order valence-corrected chi connectivity index (χ4v) is 3.55. The van der Waals surface area contributed by atoms with Gasteiger partial charge in [0.25, 0.3) is 11.3 Å². The van der Waals surface area contributed by atoms with Crippen LogP contribution in [0.4, 0.5) is 5.69 Å². The summed E-state index contributed by atoms with van der Waals surface area (Å²) in [5.41, 5.74) is 1.74. The van der Waals surface area contributed by atoms with E-state index in [1.54, 1.807) is 0 Å². The van der Waals surface area contributed by atoms with E-state index in [0.717, 1.165) is 17.2 Å². The lowest BCUT2D eigenvalue weighted by atomic mass is 9.85. The molecule has 0 heterocycles. The van der Waals surface area contributed by atoms with E-state index in [0.29, 0.717) is 12.6 Å².